The zero-order valence-electron chi connectivity index (χ0n) is 17.7. The Bertz CT molecular complexity index is 489. The number of hydrogen-bond donors (Lipinski definition) is 0. The lowest BCUT2D eigenvalue weighted by Crippen LogP contribution is -2.49. The van der Waals surface area contributed by atoms with Crippen LogP contribution in [0.1, 0.15) is 44.5 Å². The summed E-state index contributed by atoms with van der Waals surface area (Å²) >= 11 is 0. The fourth-order valence-corrected chi connectivity index (χ4v) is 3.05. The lowest BCUT2D eigenvalue weighted by atomic mass is 10.0. The van der Waals surface area contributed by atoms with E-state index in [4.69, 9.17) is 0 Å². The van der Waals surface area contributed by atoms with Crippen molar-refractivity contribution in [3.63, 3.8) is 0 Å². The highest BCUT2D eigenvalue weighted by atomic mass is 16.1. The second-order valence-electron chi connectivity index (χ2n) is 8.01. The van der Waals surface area contributed by atoms with Gasteiger partial charge in [0.25, 0.3) is 0 Å². The van der Waals surface area contributed by atoms with Crippen LogP contribution >= 0.6 is 0 Å². The van der Waals surface area contributed by atoms with E-state index in [1.165, 1.54) is 45.7 Å². The largest absolute Gasteiger partial charge is 0.309 e. The molecule has 1 fully saturated rings. The van der Waals surface area contributed by atoms with Crippen molar-refractivity contribution in [3.05, 3.63) is 35.9 Å². The summed E-state index contributed by atoms with van der Waals surface area (Å²) in [4.78, 5) is 18.8. The molecule has 0 saturated carbocycles. The Morgan fingerprint density at radius 2 is 1.58 bits per heavy atom. The van der Waals surface area contributed by atoms with E-state index in [1.54, 1.807) is 0 Å². The van der Waals surface area contributed by atoms with Gasteiger partial charge in [0, 0.05) is 43.7 Å². The van der Waals surface area contributed by atoms with Crippen molar-refractivity contribution >= 4 is 5.78 Å². The summed E-state index contributed by atoms with van der Waals surface area (Å²) in [6, 6.07) is 10.1. The molecule has 148 valence electrons. The first-order valence-corrected chi connectivity index (χ1v) is 10.0. The molecule has 1 aromatic rings. The maximum Gasteiger partial charge on any atom is 0.165 e. The summed E-state index contributed by atoms with van der Waals surface area (Å²) in [5.41, 5.74) is 0.808. The van der Waals surface area contributed by atoms with Gasteiger partial charge in [0.2, 0.25) is 0 Å². The van der Waals surface area contributed by atoms with E-state index < -0.39 is 0 Å². The number of Topliss-reactive ketones (excluding diaryl/α,β-unsaturated/α-hetero) is 1. The highest BCUT2D eigenvalue weighted by Crippen LogP contribution is 2.07. The first-order chi connectivity index (χ1) is 12.3. The first kappa shape index (κ1) is 22.8. The van der Waals surface area contributed by atoms with E-state index in [0.717, 1.165) is 5.56 Å². The van der Waals surface area contributed by atoms with E-state index in [2.05, 4.69) is 42.6 Å². The molecule has 1 heterocycles. The first-order valence-electron chi connectivity index (χ1n) is 10.0. The number of piperazine rings is 1. The Morgan fingerprint density at radius 1 is 1.00 bits per heavy atom. The van der Waals surface area contributed by atoms with Crippen LogP contribution in [0.15, 0.2) is 30.3 Å². The van der Waals surface area contributed by atoms with Gasteiger partial charge in [-0.05, 0) is 47.5 Å². The molecule has 2 rings (SSSR count). The molecule has 1 aromatic carbocycles. The monoisotopic (exact) mass is 361 g/mol. The highest BCUT2D eigenvalue weighted by molar-refractivity contribution is 5.97. The predicted molar refractivity (Wildman–Crippen MR) is 112 cm³/mol. The van der Waals surface area contributed by atoms with Crippen molar-refractivity contribution < 1.29 is 4.79 Å². The zero-order valence-corrected chi connectivity index (χ0v) is 17.7. The fraction of sp³-hybridized carbons (Fsp3) is 0.682. The number of carbonyl (C=O) groups is 1. The van der Waals surface area contributed by atoms with Crippen LogP contribution in [0.2, 0.25) is 0 Å². The van der Waals surface area contributed by atoms with Crippen molar-refractivity contribution in [3.8, 4) is 0 Å². The zero-order chi connectivity index (χ0) is 19.5. The molecule has 0 atom stereocenters. The fourth-order valence-electron chi connectivity index (χ4n) is 3.05. The van der Waals surface area contributed by atoms with Crippen LogP contribution in [-0.4, -0.2) is 79.9 Å². The summed E-state index contributed by atoms with van der Waals surface area (Å²) < 4.78 is 0. The van der Waals surface area contributed by atoms with Crippen molar-refractivity contribution in [2.24, 2.45) is 5.92 Å². The summed E-state index contributed by atoms with van der Waals surface area (Å²) in [5, 5.41) is 0. The Morgan fingerprint density at radius 3 is 2.04 bits per heavy atom. The molecule has 1 saturated heterocycles. The van der Waals surface area contributed by atoms with Gasteiger partial charge >= 0.3 is 0 Å². The third-order valence-corrected chi connectivity index (χ3v) is 4.80. The molecular weight excluding hydrogens is 322 g/mol. The smallest absolute Gasteiger partial charge is 0.165 e. The van der Waals surface area contributed by atoms with Crippen molar-refractivity contribution in [2.75, 3.05) is 53.4 Å². The van der Waals surface area contributed by atoms with Crippen LogP contribution in [-0.2, 0) is 0 Å². The molecule has 4 heteroatoms. The Balaban J connectivity index is 0.000000273. The summed E-state index contributed by atoms with van der Waals surface area (Å²) in [6.45, 7) is 15.9. The summed E-state index contributed by atoms with van der Waals surface area (Å²) in [6.07, 6.45) is 1.30. The second-order valence-corrected chi connectivity index (χ2v) is 8.01. The summed E-state index contributed by atoms with van der Waals surface area (Å²) in [7, 11) is 4.30. The van der Waals surface area contributed by atoms with Gasteiger partial charge in [0.05, 0.1) is 0 Å². The van der Waals surface area contributed by atoms with Crippen LogP contribution in [0, 0.1) is 5.92 Å². The quantitative estimate of drug-likeness (QED) is 0.695. The minimum atomic E-state index is 0.0948. The molecule has 0 aliphatic carbocycles. The number of hydrogen-bond acceptors (Lipinski definition) is 4. The molecule has 1 aliphatic heterocycles. The molecule has 0 radical (unpaired) electrons. The molecule has 0 aromatic heterocycles. The molecule has 1 aliphatic rings. The molecule has 0 bridgehead atoms. The standard InChI is InChI=1S/C12H27N3.C10H12O/c1-12(2)15-10-8-14(9-11-15)7-5-6-13(3)4;1-8(2)10(11)9-6-4-3-5-7-9/h12H,5-11H2,1-4H3;3-8H,1-2H3. The van der Waals surface area contributed by atoms with Gasteiger partial charge in [-0.15, -0.1) is 0 Å². The van der Waals surface area contributed by atoms with Gasteiger partial charge in [0.15, 0.2) is 5.78 Å². The molecule has 0 amide bonds. The van der Waals surface area contributed by atoms with E-state index in [1.807, 2.05) is 44.2 Å². The average Bonchev–Trinajstić information content (AvgIpc) is 2.62. The molecule has 0 unspecified atom stereocenters. The molecular formula is C22H39N3O. The predicted octanol–water partition coefficient (Wildman–Crippen LogP) is 3.49. The third-order valence-electron chi connectivity index (χ3n) is 4.80. The average molecular weight is 362 g/mol. The number of ketones is 1. The minimum absolute atomic E-state index is 0.0948. The molecule has 0 spiro atoms. The maximum absolute atomic E-state index is 11.3. The molecule has 0 N–H and O–H groups in total. The summed E-state index contributed by atoms with van der Waals surface area (Å²) in [5.74, 6) is 0.308. The van der Waals surface area contributed by atoms with Crippen LogP contribution in [0.25, 0.3) is 0 Å². The highest BCUT2D eigenvalue weighted by Gasteiger charge is 2.17. The number of carbonyl (C=O) groups excluding carboxylic acids is 1. The van der Waals surface area contributed by atoms with Crippen LogP contribution in [0.4, 0.5) is 0 Å². The normalized spacial score (nSPS) is 16.0. The SMILES string of the molecule is CC(C)C(=O)c1ccccc1.CC(C)N1CCN(CCCN(C)C)CC1. The van der Waals surface area contributed by atoms with Gasteiger partial charge in [0.1, 0.15) is 0 Å². The lowest BCUT2D eigenvalue weighted by Gasteiger charge is -2.37. The van der Waals surface area contributed by atoms with Gasteiger partial charge in [-0.2, -0.15) is 0 Å². The van der Waals surface area contributed by atoms with E-state index in [0.29, 0.717) is 6.04 Å². The van der Waals surface area contributed by atoms with Crippen molar-refractivity contribution in [1.82, 2.24) is 14.7 Å². The van der Waals surface area contributed by atoms with Crippen LogP contribution < -0.4 is 0 Å². The number of benzene rings is 1. The minimum Gasteiger partial charge on any atom is -0.309 e. The van der Waals surface area contributed by atoms with Crippen molar-refractivity contribution in [1.29, 1.82) is 0 Å². The molecule has 4 nitrogen and oxygen atoms in total. The van der Waals surface area contributed by atoms with Gasteiger partial charge in [-0.25, -0.2) is 0 Å². The lowest BCUT2D eigenvalue weighted by molar-refractivity contribution is 0.0939. The van der Waals surface area contributed by atoms with Gasteiger partial charge in [-0.1, -0.05) is 44.2 Å². The van der Waals surface area contributed by atoms with Crippen LogP contribution in [0.3, 0.4) is 0 Å². The van der Waals surface area contributed by atoms with Gasteiger partial charge < -0.3 is 9.80 Å². The Labute approximate surface area is 161 Å². The maximum atomic E-state index is 11.3. The van der Waals surface area contributed by atoms with Crippen molar-refractivity contribution in [2.45, 2.75) is 40.2 Å². The van der Waals surface area contributed by atoms with Crippen LogP contribution in [0.5, 0.6) is 0 Å². The Kier molecular flexibility index (Phi) is 10.7. The second kappa shape index (κ2) is 12.2. The number of nitrogens with zero attached hydrogens (tertiary/aromatic N) is 3. The van der Waals surface area contributed by atoms with E-state index in [-0.39, 0.29) is 11.7 Å². The molecule has 26 heavy (non-hydrogen) atoms. The Hall–Kier alpha value is -1.23. The topological polar surface area (TPSA) is 26.8 Å². The number of rotatable bonds is 7. The van der Waals surface area contributed by atoms with Gasteiger partial charge in [-0.3, -0.25) is 9.69 Å². The van der Waals surface area contributed by atoms with E-state index in [9.17, 15) is 4.79 Å². The third kappa shape index (κ3) is 8.93. The van der Waals surface area contributed by atoms with E-state index >= 15 is 0 Å².